The molecule has 1 atom stereocenters. The van der Waals surface area contributed by atoms with E-state index in [9.17, 15) is 4.79 Å². The van der Waals surface area contributed by atoms with E-state index in [0.717, 1.165) is 4.90 Å². The maximum absolute atomic E-state index is 11.6. The molecule has 0 amide bonds. The molecule has 0 saturated carbocycles. The third-order valence-corrected chi connectivity index (χ3v) is 3.65. The van der Waals surface area contributed by atoms with Gasteiger partial charge >= 0.3 is 5.97 Å². The number of carbonyl (C=O) groups is 1. The normalized spacial score (nSPS) is 14.1. The molecule has 2 N–H and O–H groups in total. The molecule has 17 heavy (non-hydrogen) atoms. The van der Waals surface area contributed by atoms with Crippen LogP contribution in [0.2, 0.25) is 0 Å². The molecule has 4 heteroatoms. The lowest BCUT2D eigenvalue weighted by Gasteiger charge is -2.21. The standard InChI is InChI=1S/C13H19NO2S/c1-4-16-12(15)13(3,14)9-17-11-7-5-10(2)6-8-11/h5-8H,4,9,14H2,1-3H3. The van der Waals surface area contributed by atoms with Gasteiger partial charge in [-0.3, -0.25) is 4.79 Å². The summed E-state index contributed by atoms with van der Waals surface area (Å²) in [5.74, 6) is 0.161. The van der Waals surface area contributed by atoms with Crippen LogP contribution < -0.4 is 5.73 Å². The van der Waals surface area contributed by atoms with Gasteiger partial charge in [0.1, 0.15) is 5.54 Å². The summed E-state index contributed by atoms with van der Waals surface area (Å²) in [7, 11) is 0. The number of thioether (sulfide) groups is 1. The van der Waals surface area contributed by atoms with Gasteiger partial charge in [-0.25, -0.2) is 0 Å². The summed E-state index contributed by atoms with van der Waals surface area (Å²) >= 11 is 1.56. The van der Waals surface area contributed by atoms with Crippen LogP contribution in [0, 0.1) is 6.92 Å². The Morgan fingerprint density at radius 1 is 1.41 bits per heavy atom. The average molecular weight is 253 g/mol. The first-order valence-electron chi connectivity index (χ1n) is 5.61. The van der Waals surface area contributed by atoms with Crippen LogP contribution >= 0.6 is 11.8 Å². The smallest absolute Gasteiger partial charge is 0.326 e. The molecule has 1 rings (SSSR count). The lowest BCUT2D eigenvalue weighted by atomic mass is 10.1. The molecule has 0 spiro atoms. The molecule has 0 heterocycles. The molecule has 0 saturated heterocycles. The highest BCUT2D eigenvalue weighted by atomic mass is 32.2. The van der Waals surface area contributed by atoms with Crippen molar-refractivity contribution in [1.82, 2.24) is 0 Å². The molecule has 0 aromatic heterocycles. The summed E-state index contributed by atoms with van der Waals surface area (Å²) in [6, 6.07) is 8.14. The summed E-state index contributed by atoms with van der Waals surface area (Å²) in [5, 5.41) is 0. The van der Waals surface area contributed by atoms with E-state index < -0.39 is 5.54 Å². The van der Waals surface area contributed by atoms with Gasteiger partial charge < -0.3 is 10.5 Å². The zero-order chi connectivity index (χ0) is 12.9. The van der Waals surface area contributed by atoms with Crippen molar-refractivity contribution in [2.24, 2.45) is 5.73 Å². The number of hydrogen-bond acceptors (Lipinski definition) is 4. The lowest BCUT2D eigenvalue weighted by molar-refractivity contribution is -0.148. The third kappa shape index (κ3) is 4.40. The summed E-state index contributed by atoms with van der Waals surface area (Å²) in [6.45, 7) is 5.88. The van der Waals surface area contributed by atoms with Gasteiger partial charge in [-0.1, -0.05) is 17.7 Å². The molecule has 1 unspecified atom stereocenters. The van der Waals surface area contributed by atoms with Crippen LogP contribution in [-0.4, -0.2) is 23.9 Å². The fourth-order valence-corrected chi connectivity index (χ4v) is 2.14. The Balaban J connectivity index is 2.54. The van der Waals surface area contributed by atoms with Gasteiger partial charge in [-0.05, 0) is 32.9 Å². The zero-order valence-electron chi connectivity index (χ0n) is 10.5. The van der Waals surface area contributed by atoms with Crippen LogP contribution in [0.3, 0.4) is 0 Å². The van der Waals surface area contributed by atoms with Gasteiger partial charge in [0.2, 0.25) is 0 Å². The monoisotopic (exact) mass is 253 g/mol. The summed E-state index contributed by atoms with van der Waals surface area (Å²) in [6.07, 6.45) is 0. The Morgan fingerprint density at radius 2 is 2.00 bits per heavy atom. The Labute approximate surface area is 107 Å². The lowest BCUT2D eigenvalue weighted by Crippen LogP contribution is -2.48. The highest BCUT2D eigenvalue weighted by molar-refractivity contribution is 7.99. The number of rotatable bonds is 5. The molecule has 0 aliphatic carbocycles. The van der Waals surface area contributed by atoms with Crippen LogP contribution in [-0.2, 0) is 9.53 Å². The number of ether oxygens (including phenoxy) is 1. The molecule has 0 aliphatic rings. The van der Waals surface area contributed by atoms with E-state index in [4.69, 9.17) is 10.5 Å². The molecular formula is C13H19NO2S. The van der Waals surface area contributed by atoms with E-state index in [2.05, 4.69) is 0 Å². The van der Waals surface area contributed by atoms with Crippen molar-refractivity contribution in [2.45, 2.75) is 31.2 Å². The van der Waals surface area contributed by atoms with Crippen molar-refractivity contribution in [3.8, 4) is 0 Å². The number of carbonyl (C=O) groups excluding carboxylic acids is 1. The van der Waals surface area contributed by atoms with Crippen LogP contribution in [0.15, 0.2) is 29.2 Å². The van der Waals surface area contributed by atoms with Crippen LogP contribution in [0.1, 0.15) is 19.4 Å². The molecule has 1 aromatic carbocycles. The second kappa shape index (κ2) is 6.07. The van der Waals surface area contributed by atoms with Crippen LogP contribution in [0.25, 0.3) is 0 Å². The van der Waals surface area contributed by atoms with Gasteiger partial charge in [0.25, 0.3) is 0 Å². The molecule has 94 valence electrons. The zero-order valence-corrected chi connectivity index (χ0v) is 11.3. The predicted molar refractivity (Wildman–Crippen MR) is 71.1 cm³/mol. The minimum atomic E-state index is -0.939. The van der Waals surface area contributed by atoms with Crippen molar-refractivity contribution in [3.63, 3.8) is 0 Å². The minimum absolute atomic E-state index is 0.348. The molecule has 1 aromatic rings. The maximum atomic E-state index is 11.6. The van der Waals surface area contributed by atoms with Gasteiger partial charge in [0.05, 0.1) is 6.61 Å². The van der Waals surface area contributed by atoms with Crippen molar-refractivity contribution in [2.75, 3.05) is 12.4 Å². The van der Waals surface area contributed by atoms with Gasteiger partial charge in [-0.2, -0.15) is 0 Å². The van der Waals surface area contributed by atoms with Crippen molar-refractivity contribution in [1.29, 1.82) is 0 Å². The van der Waals surface area contributed by atoms with Gasteiger partial charge in [-0.15, -0.1) is 11.8 Å². The highest BCUT2D eigenvalue weighted by Gasteiger charge is 2.29. The van der Waals surface area contributed by atoms with E-state index >= 15 is 0 Å². The molecule has 0 radical (unpaired) electrons. The Bertz CT molecular complexity index is 374. The SMILES string of the molecule is CCOC(=O)C(C)(N)CSc1ccc(C)cc1. The summed E-state index contributed by atoms with van der Waals surface area (Å²) < 4.78 is 4.94. The van der Waals surface area contributed by atoms with E-state index in [1.807, 2.05) is 31.2 Å². The molecule has 3 nitrogen and oxygen atoms in total. The van der Waals surface area contributed by atoms with Gasteiger partial charge in [0.15, 0.2) is 0 Å². The molecule has 0 fully saturated rings. The Hall–Kier alpha value is -1.00. The second-order valence-electron chi connectivity index (χ2n) is 4.24. The van der Waals surface area contributed by atoms with Crippen LogP contribution in [0.4, 0.5) is 0 Å². The first-order valence-corrected chi connectivity index (χ1v) is 6.60. The Morgan fingerprint density at radius 3 is 2.53 bits per heavy atom. The van der Waals surface area contributed by atoms with Gasteiger partial charge in [0, 0.05) is 10.6 Å². The Kier molecular flexibility index (Phi) is 5.02. The number of hydrogen-bond donors (Lipinski definition) is 1. The highest BCUT2D eigenvalue weighted by Crippen LogP contribution is 2.22. The quantitative estimate of drug-likeness (QED) is 0.646. The molecular weight excluding hydrogens is 234 g/mol. The van der Waals surface area contributed by atoms with E-state index in [-0.39, 0.29) is 5.97 Å². The largest absolute Gasteiger partial charge is 0.465 e. The maximum Gasteiger partial charge on any atom is 0.326 e. The number of esters is 1. The van der Waals surface area contributed by atoms with Crippen molar-refractivity contribution >= 4 is 17.7 Å². The predicted octanol–water partition coefficient (Wildman–Crippen LogP) is 2.37. The average Bonchev–Trinajstić information content (AvgIpc) is 2.29. The van der Waals surface area contributed by atoms with E-state index in [1.165, 1.54) is 5.56 Å². The van der Waals surface area contributed by atoms with E-state index in [1.54, 1.807) is 25.6 Å². The number of aryl methyl sites for hydroxylation is 1. The van der Waals surface area contributed by atoms with Crippen LogP contribution in [0.5, 0.6) is 0 Å². The van der Waals surface area contributed by atoms with Crippen molar-refractivity contribution < 1.29 is 9.53 Å². The first kappa shape index (κ1) is 14.1. The van der Waals surface area contributed by atoms with Crippen molar-refractivity contribution in [3.05, 3.63) is 29.8 Å². The van der Waals surface area contributed by atoms with E-state index in [0.29, 0.717) is 12.4 Å². The molecule has 0 bridgehead atoms. The second-order valence-corrected chi connectivity index (χ2v) is 5.29. The minimum Gasteiger partial charge on any atom is -0.465 e. The first-order chi connectivity index (χ1) is 7.95. The topological polar surface area (TPSA) is 52.3 Å². The number of benzene rings is 1. The fraction of sp³-hybridized carbons (Fsp3) is 0.462. The summed E-state index contributed by atoms with van der Waals surface area (Å²) in [4.78, 5) is 12.7. The fourth-order valence-electron chi connectivity index (χ4n) is 1.22. The number of nitrogens with two attached hydrogens (primary N) is 1. The summed E-state index contributed by atoms with van der Waals surface area (Å²) in [5.41, 5.74) is 6.21. The third-order valence-electron chi connectivity index (χ3n) is 2.30. The molecule has 0 aliphatic heterocycles.